The van der Waals surface area contributed by atoms with Gasteiger partial charge >= 0.3 is 0 Å². The lowest BCUT2D eigenvalue weighted by atomic mass is 9.95. The quantitative estimate of drug-likeness (QED) is 0.390. The van der Waals surface area contributed by atoms with E-state index in [2.05, 4.69) is 9.88 Å². The predicted octanol–water partition coefficient (Wildman–Crippen LogP) is 3.53. The third kappa shape index (κ3) is 4.66. The van der Waals surface area contributed by atoms with Gasteiger partial charge in [0.2, 0.25) is 0 Å². The van der Waals surface area contributed by atoms with E-state index in [1.807, 2.05) is 0 Å². The molecule has 1 amide bonds. The molecule has 0 bridgehead atoms. The smallest absolute Gasteiger partial charge is 0.295 e. The van der Waals surface area contributed by atoms with E-state index in [9.17, 15) is 14.7 Å². The molecular weight excluding hydrogens is 453 g/mol. The number of ether oxygens (including phenoxy) is 1. The van der Waals surface area contributed by atoms with Crippen LogP contribution in [0.2, 0.25) is 10.0 Å². The number of likely N-dealkylation sites (tertiary alicyclic amines) is 1. The molecule has 2 aromatic rings. The van der Waals surface area contributed by atoms with E-state index in [4.69, 9.17) is 27.9 Å². The molecule has 1 unspecified atom stereocenters. The number of Topliss-reactive ketones (excluding diaryl/α,β-unsaturated/α-hetero) is 1. The number of carbonyl (C=O) groups is 2. The van der Waals surface area contributed by atoms with Crippen LogP contribution in [-0.2, 0) is 14.3 Å². The van der Waals surface area contributed by atoms with Gasteiger partial charge in [-0.25, -0.2) is 0 Å². The van der Waals surface area contributed by atoms with Gasteiger partial charge in [-0.2, -0.15) is 0 Å². The van der Waals surface area contributed by atoms with Crippen molar-refractivity contribution >= 4 is 40.7 Å². The van der Waals surface area contributed by atoms with Crippen molar-refractivity contribution in [2.75, 3.05) is 39.4 Å². The van der Waals surface area contributed by atoms with Crippen LogP contribution < -0.4 is 0 Å². The van der Waals surface area contributed by atoms with Gasteiger partial charge in [0.05, 0.1) is 34.9 Å². The Labute approximate surface area is 196 Å². The van der Waals surface area contributed by atoms with Gasteiger partial charge in [0.1, 0.15) is 5.76 Å². The third-order valence-electron chi connectivity index (χ3n) is 5.73. The van der Waals surface area contributed by atoms with E-state index in [0.717, 1.165) is 19.6 Å². The van der Waals surface area contributed by atoms with Crippen molar-refractivity contribution in [3.05, 3.63) is 69.5 Å². The van der Waals surface area contributed by atoms with Crippen molar-refractivity contribution in [2.45, 2.75) is 12.5 Å². The van der Waals surface area contributed by atoms with E-state index >= 15 is 0 Å². The number of morpholine rings is 1. The molecule has 2 aliphatic rings. The van der Waals surface area contributed by atoms with E-state index in [1.165, 1.54) is 17.3 Å². The first kappa shape index (κ1) is 22.7. The molecule has 32 heavy (non-hydrogen) atoms. The van der Waals surface area contributed by atoms with Crippen molar-refractivity contribution in [1.29, 1.82) is 0 Å². The van der Waals surface area contributed by atoms with Gasteiger partial charge in [-0.15, -0.1) is 0 Å². The highest BCUT2D eigenvalue weighted by molar-refractivity contribution is 6.46. The summed E-state index contributed by atoms with van der Waals surface area (Å²) in [5, 5.41) is 11.7. The summed E-state index contributed by atoms with van der Waals surface area (Å²) in [6.45, 7) is 4.22. The van der Waals surface area contributed by atoms with Crippen LogP contribution in [0.25, 0.3) is 5.76 Å². The molecule has 9 heteroatoms. The molecule has 2 saturated heterocycles. The number of aliphatic hydroxyl groups excluding tert-OH is 1. The van der Waals surface area contributed by atoms with Crippen molar-refractivity contribution in [2.24, 2.45) is 0 Å². The molecule has 4 rings (SSSR count). The SMILES string of the molecule is O=C1C(=O)N(CCCN2CCOCC2)C(c2ccc(Cl)c(Cl)c2)/C1=C(\O)c1ccncc1. The van der Waals surface area contributed by atoms with E-state index in [1.54, 1.807) is 30.3 Å². The first-order chi connectivity index (χ1) is 15.5. The zero-order chi connectivity index (χ0) is 22.7. The first-order valence-electron chi connectivity index (χ1n) is 10.4. The normalized spacial score (nSPS) is 21.3. The summed E-state index contributed by atoms with van der Waals surface area (Å²) < 4.78 is 5.38. The summed E-state index contributed by atoms with van der Waals surface area (Å²) >= 11 is 12.3. The fourth-order valence-corrected chi connectivity index (χ4v) is 4.40. The number of rotatable bonds is 6. The number of amides is 1. The summed E-state index contributed by atoms with van der Waals surface area (Å²) in [6.07, 6.45) is 3.71. The maximum atomic E-state index is 13.0. The number of hydrogen-bond donors (Lipinski definition) is 1. The second kappa shape index (κ2) is 10.0. The second-order valence-electron chi connectivity index (χ2n) is 7.71. The van der Waals surface area contributed by atoms with Crippen LogP contribution in [0.3, 0.4) is 0 Å². The Hall–Kier alpha value is -2.45. The molecule has 2 aliphatic heterocycles. The lowest BCUT2D eigenvalue weighted by Gasteiger charge is -2.29. The van der Waals surface area contributed by atoms with Gasteiger partial charge < -0.3 is 14.7 Å². The summed E-state index contributed by atoms with van der Waals surface area (Å²) in [4.78, 5) is 33.7. The molecule has 168 valence electrons. The molecule has 0 saturated carbocycles. The molecule has 0 spiro atoms. The molecule has 1 aromatic heterocycles. The molecule has 7 nitrogen and oxygen atoms in total. The Balaban J connectivity index is 1.68. The van der Waals surface area contributed by atoms with Crippen molar-refractivity contribution in [3.8, 4) is 0 Å². The van der Waals surface area contributed by atoms with Crippen molar-refractivity contribution in [3.63, 3.8) is 0 Å². The van der Waals surface area contributed by atoms with Gasteiger partial charge in [0.15, 0.2) is 0 Å². The number of ketones is 1. The minimum Gasteiger partial charge on any atom is -0.507 e. The standard InChI is InChI=1S/C23H23Cl2N3O4/c24-17-3-2-16(14-18(17)25)20-19(21(29)15-4-6-26-7-5-15)22(30)23(31)28(20)9-1-8-27-10-12-32-13-11-27/h2-7,14,20,29H,1,8-13H2/b21-19+. The fraction of sp³-hybridized carbons (Fsp3) is 0.348. The highest BCUT2D eigenvalue weighted by Crippen LogP contribution is 2.40. The second-order valence-corrected chi connectivity index (χ2v) is 8.52. The number of nitrogens with zero attached hydrogens (tertiary/aromatic N) is 3. The number of hydrogen-bond acceptors (Lipinski definition) is 6. The Morgan fingerprint density at radius 3 is 2.47 bits per heavy atom. The minimum absolute atomic E-state index is 0.0333. The summed E-state index contributed by atoms with van der Waals surface area (Å²) in [6, 6.07) is 7.40. The fourth-order valence-electron chi connectivity index (χ4n) is 4.09. The van der Waals surface area contributed by atoms with E-state index in [-0.39, 0.29) is 11.3 Å². The van der Waals surface area contributed by atoms with Crippen LogP contribution in [0.5, 0.6) is 0 Å². The number of aromatic nitrogens is 1. The van der Waals surface area contributed by atoms with E-state index in [0.29, 0.717) is 47.4 Å². The van der Waals surface area contributed by atoms with Crippen LogP contribution in [0.15, 0.2) is 48.3 Å². The average Bonchev–Trinajstić information content (AvgIpc) is 3.07. The number of carbonyl (C=O) groups excluding carboxylic acids is 2. The molecular formula is C23H23Cl2N3O4. The number of halogens is 2. The Kier molecular flexibility index (Phi) is 7.10. The van der Waals surface area contributed by atoms with Crippen LogP contribution >= 0.6 is 23.2 Å². The van der Waals surface area contributed by atoms with Crippen LogP contribution in [-0.4, -0.2) is 71.0 Å². The Morgan fingerprint density at radius 2 is 1.78 bits per heavy atom. The molecule has 1 aromatic carbocycles. The molecule has 1 atom stereocenters. The highest BCUT2D eigenvalue weighted by atomic mass is 35.5. The molecule has 3 heterocycles. The van der Waals surface area contributed by atoms with Gasteiger partial charge in [-0.3, -0.25) is 19.5 Å². The van der Waals surface area contributed by atoms with Gasteiger partial charge in [-0.05, 0) is 36.2 Å². The Morgan fingerprint density at radius 1 is 1.06 bits per heavy atom. The van der Waals surface area contributed by atoms with E-state index < -0.39 is 17.7 Å². The van der Waals surface area contributed by atoms with Crippen LogP contribution in [0.4, 0.5) is 0 Å². The molecule has 2 fully saturated rings. The summed E-state index contributed by atoms with van der Waals surface area (Å²) in [7, 11) is 0. The van der Waals surface area contributed by atoms with Gasteiger partial charge in [0, 0.05) is 44.1 Å². The molecule has 0 aliphatic carbocycles. The molecule has 0 radical (unpaired) electrons. The summed E-state index contributed by atoms with van der Waals surface area (Å²) in [5.41, 5.74) is 1.06. The lowest BCUT2D eigenvalue weighted by molar-refractivity contribution is -0.140. The Bertz CT molecular complexity index is 1040. The maximum Gasteiger partial charge on any atom is 0.295 e. The lowest BCUT2D eigenvalue weighted by Crippen LogP contribution is -2.38. The monoisotopic (exact) mass is 475 g/mol. The summed E-state index contributed by atoms with van der Waals surface area (Å²) in [5.74, 6) is -1.60. The first-order valence-corrected chi connectivity index (χ1v) is 11.2. The van der Waals surface area contributed by atoms with Crippen molar-refractivity contribution < 1.29 is 19.4 Å². The van der Waals surface area contributed by atoms with Gasteiger partial charge in [-0.1, -0.05) is 29.3 Å². The predicted molar refractivity (Wildman–Crippen MR) is 122 cm³/mol. The average molecular weight is 476 g/mol. The number of pyridine rings is 1. The van der Waals surface area contributed by atoms with Crippen LogP contribution in [0, 0.1) is 0 Å². The number of benzene rings is 1. The maximum absolute atomic E-state index is 13.0. The van der Waals surface area contributed by atoms with Gasteiger partial charge in [0.25, 0.3) is 11.7 Å². The molecule has 1 N–H and O–H groups in total. The van der Waals surface area contributed by atoms with Crippen molar-refractivity contribution in [1.82, 2.24) is 14.8 Å². The zero-order valence-corrected chi connectivity index (χ0v) is 18.8. The largest absolute Gasteiger partial charge is 0.507 e. The minimum atomic E-state index is -0.761. The van der Waals surface area contributed by atoms with Crippen LogP contribution in [0.1, 0.15) is 23.6 Å². The topological polar surface area (TPSA) is 83.0 Å². The number of aliphatic hydroxyl groups is 1. The third-order valence-corrected chi connectivity index (χ3v) is 6.47. The highest BCUT2D eigenvalue weighted by Gasteiger charge is 2.46. The zero-order valence-electron chi connectivity index (χ0n) is 17.3.